The number of carbonyl (C=O) groups excluding carboxylic acids is 1. The summed E-state index contributed by atoms with van der Waals surface area (Å²) in [5.74, 6) is 0.219. The fourth-order valence-corrected chi connectivity index (χ4v) is 2.90. The number of unbranched alkanes of at least 4 members (excludes halogenated alkanes) is 1. The highest BCUT2D eigenvalue weighted by Gasteiger charge is 2.06. The van der Waals surface area contributed by atoms with Gasteiger partial charge in [0.05, 0.1) is 0 Å². The van der Waals surface area contributed by atoms with Crippen LogP contribution in [0.5, 0.6) is 0 Å². The molecule has 0 aliphatic carbocycles. The van der Waals surface area contributed by atoms with E-state index in [0.29, 0.717) is 6.42 Å². The van der Waals surface area contributed by atoms with Gasteiger partial charge in [0.1, 0.15) is 5.78 Å². The van der Waals surface area contributed by atoms with E-state index in [1.54, 1.807) is 6.92 Å². The lowest BCUT2D eigenvalue weighted by molar-refractivity contribution is -0.116. The Balaban J connectivity index is 2.57. The third kappa shape index (κ3) is 6.01. The number of allylic oxidation sites excluding steroid dienone is 3. The number of hydrogen-bond acceptors (Lipinski definition) is 1. The van der Waals surface area contributed by atoms with E-state index in [0.717, 1.165) is 24.8 Å². The Morgan fingerprint density at radius 1 is 1.23 bits per heavy atom. The minimum atomic E-state index is 0.219. The van der Waals surface area contributed by atoms with Gasteiger partial charge in [0.25, 0.3) is 0 Å². The molecule has 1 aromatic rings. The lowest BCUT2D eigenvalue weighted by Crippen LogP contribution is -1.97. The van der Waals surface area contributed by atoms with Crippen molar-refractivity contribution in [2.24, 2.45) is 0 Å². The van der Waals surface area contributed by atoms with Crippen molar-refractivity contribution < 1.29 is 4.79 Å². The van der Waals surface area contributed by atoms with Crippen molar-refractivity contribution in [2.45, 2.75) is 66.2 Å². The smallest absolute Gasteiger partial charge is 0.134 e. The summed E-state index contributed by atoms with van der Waals surface area (Å²) >= 11 is 0. The van der Waals surface area contributed by atoms with Gasteiger partial charge in [-0.25, -0.2) is 0 Å². The van der Waals surface area contributed by atoms with Gasteiger partial charge in [-0.2, -0.15) is 0 Å². The molecule has 120 valence electrons. The van der Waals surface area contributed by atoms with E-state index in [-0.39, 0.29) is 5.78 Å². The van der Waals surface area contributed by atoms with Crippen LogP contribution in [-0.2, 0) is 11.2 Å². The van der Waals surface area contributed by atoms with E-state index < -0.39 is 0 Å². The van der Waals surface area contributed by atoms with Gasteiger partial charge in [0, 0.05) is 6.42 Å². The van der Waals surface area contributed by atoms with Gasteiger partial charge in [-0.1, -0.05) is 48.9 Å². The molecule has 0 saturated heterocycles. The van der Waals surface area contributed by atoms with Gasteiger partial charge in [-0.15, -0.1) is 0 Å². The molecule has 1 aromatic carbocycles. The van der Waals surface area contributed by atoms with E-state index in [1.807, 2.05) is 6.08 Å². The number of ketones is 1. The monoisotopic (exact) mass is 298 g/mol. The molecule has 0 saturated carbocycles. The fraction of sp³-hybridized carbons (Fsp3) is 0.476. The third-order valence-corrected chi connectivity index (χ3v) is 4.25. The van der Waals surface area contributed by atoms with Crippen LogP contribution < -0.4 is 0 Å². The lowest BCUT2D eigenvalue weighted by atomic mass is 9.94. The quantitative estimate of drug-likeness (QED) is 0.410. The first-order valence-electron chi connectivity index (χ1n) is 8.36. The predicted molar refractivity (Wildman–Crippen MR) is 96.3 cm³/mol. The standard InChI is InChI=1S/C21H30O/c1-6-19(20(7-2)15-18(5)22)10-8-9-11-21-14-16(3)12-13-17(21)4/h7,12-14H,2,6,8-11,15H2,1,3-5H3/b20-19+. The van der Waals surface area contributed by atoms with Crippen LogP contribution in [0.3, 0.4) is 0 Å². The van der Waals surface area contributed by atoms with Gasteiger partial charge in [0.15, 0.2) is 0 Å². The van der Waals surface area contributed by atoms with Crippen molar-refractivity contribution in [3.8, 4) is 0 Å². The van der Waals surface area contributed by atoms with Gasteiger partial charge in [-0.3, -0.25) is 4.79 Å². The van der Waals surface area contributed by atoms with Crippen LogP contribution in [0, 0.1) is 13.8 Å². The second kappa shape index (κ2) is 9.40. The van der Waals surface area contributed by atoms with Crippen molar-refractivity contribution in [3.05, 3.63) is 58.7 Å². The molecule has 0 heterocycles. The van der Waals surface area contributed by atoms with E-state index >= 15 is 0 Å². The summed E-state index contributed by atoms with van der Waals surface area (Å²) in [6.07, 6.45) is 7.99. The van der Waals surface area contributed by atoms with E-state index in [2.05, 4.69) is 45.5 Å². The molecular formula is C21H30O. The molecule has 0 fully saturated rings. The Kier molecular flexibility index (Phi) is 7.87. The zero-order valence-corrected chi connectivity index (χ0v) is 14.7. The summed E-state index contributed by atoms with van der Waals surface area (Å²) < 4.78 is 0. The van der Waals surface area contributed by atoms with Crippen LogP contribution in [0.2, 0.25) is 0 Å². The van der Waals surface area contributed by atoms with Gasteiger partial charge < -0.3 is 0 Å². The number of Topliss-reactive ketones (excluding diaryl/α,β-unsaturated/α-hetero) is 1. The zero-order chi connectivity index (χ0) is 16.5. The first kappa shape index (κ1) is 18.4. The fourth-order valence-electron chi connectivity index (χ4n) is 2.90. The molecule has 0 aliphatic heterocycles. The summed E-state index contributed by atoms with van der Waals surface area (Å²) in [6.45, 7) is 12.0. The highest BCUT2D eigenvalue weighted by Crippen LogP contribution is 2.21. The molecule has 0 aliphatic rings. The summed E-state index contributed by atoms with van der Waals surface area (Å²) in [4.78, 5) is 11.3. The maximum atomic E-state index is 11.3. The molecule has 1 heteroatoms. The van der Waals surface area contributed by atoms with E-state index in [9.17, 15) is 4.79 Å². The summed E-state index contributed by atoms with van der Waals surface area (Å²) in [5.41, 5.74) is 6.73. The van der Waals surface area contributed by atoms with Gasteiger partial charge >= 0.3 is 0 Å². The number of benzene rings is 1. The normalized spacial score (nSPS) is 12.0. The first-order valence-corrected chi connectivity index (χ1v) is 8.36. The largest absolute Gasteiger partial charge is 0.300 e. The average molecular weight is 298 g/mol. The molecular weight excluding hydrogens is 268 g/mol. The highest BCUT2D eigenvalue weighted by molar-refractivity contribution is 5.79. The molecule has 0 N–H and O–H groups in total. The second-order valence-electron chi connectivity index (χ2n) is 6.20. The van der Waals surface area contributed by atoms with Gasteiger partial charge in [0.2, 0.25) is 0 Å². The predicted octanol–water partition coefficient (Wildman–Crippen LogP) is 5.89. The molecule has 0 unspecified atom stereocenters. The van der Waals surface area contributed by atoms with Crippen molar-refractivity contribution in [2.75, 3.05) is 0 Å². The third-order valence-electron chi connectivity index (χ3n) is 4.25. The summed E-state index contributed by atoms with van der Waals surface area (Å²) in [5, 5.41) is 0. The average Bonchev–Trinajstić information content (AvgIpc) is 2.48. The minimum Gasteiger partial charge on any atom is -0.300 e. The number of carbonyl (C=O) groups is 1. The highest BCUT2D eigenvalue weighted by atomic mass is 16.1. The maximum Gasteiger partial charge on any atom is 0.134 e. The number of hydrogen-bond donors (Lipinski definition) is 0. The summed E-state index contributed by atoms with van der Waals surface area (Å²) in [7, 11) is 0. The first-order chi connectivity index (χ1) is 10.5. The molecule has 22 heavy (non-hydrogen) atoms. The van der Waals surface area contributed by atoms with Crippen molar-refractivity contribution >= 4 is 5.78 Å². The Morgan fingerprint density at radius 2 is 1.95 bits per heavy atom. The van der Waals surface area contributed by atoms with Crippen molar-refractivity contribution in [1.82, 2.24) is 0 Å². The Hall–Kier alpha value is -1.63. The van der Waals surface area contributed by atoms with E-state index in [1.165, 1.54) is 35.1 Å². The van der Waals surface area contributed by atoms with Crippen LogP contribution in [0.4, 0.5) is 0 Å². The maximum absolute atomic E-state index is 11.3. The Labute approximate surface area is 136 Å². The lowest BCUT2D eigenvalue weighted by Gasteiger charge is -2.11. The topological polar surface area (TPSA) is 17.1 Å². The number of rotatable bonds is 9. The Morgan fingerprint density at radius 3 is 2.55 bits per heavy atom. The molecule has 0 radical (unpaired) electrons. The number of aryl methyl sites for hydroxylation is 3. The second-order valence-corrected chi connectivity index (χ2v) is 6.20. The van der Waals surface area contributed by atoms with E-state index in [4.69, 9.17) is 0 Å². The van der Waals surface area contributed by atoms with Crippen molar-refractivity contribution in [1.29, 1.82) is 0 Å². The zero-order valence-electron chi connectivity index (χ0n) is 14.7. The SMILES string of the molecule is C=C/C(CC(C)=O)=C(/CC)CCCCc1cc(C)ccc1C. The molecule has 1 rings (SSSR count). The van der Waals surface area contributed by atoms with Crippen LogP contribution in [-0.4, -0.2) is 5.78 Å². The van der Waals surface area contributed by atoms with Crippen LogP contribution in [0.1, 0.15) is 62.6 Å². The molecule has 0 atom stereocenters. The van der Waals surface area contributed by atoms with Gasteiger partial charge in [-0.05, 0) is 69.6 Å². The minimum absolute atomic E-state index is 0.219. The molecule has 0 spiro atoms. The molecule has 1 nitrogen and oxygen atoms in total. The summed E-state index contributed by atoms with van der Waals surface area (Å²) in [6, 6.07) is 6.69. The van der Waals surface area contributed by atoms with Crippen LogP contribution in [0.25, 0.3) is 0 Å². The van der Waals surface area contributed by atoms with Crippen LogP contribution >= 0.6 is 0 Å². The molecule has 0 bridgehead atoms. The Bertz CT molecular complexity index is 549. The van der Waals surface area contributed by atoms with Crippen LogP contribution in [0.15, 0.2) is 42.0 Å². The molecule has 0 amide bonds. The van der Waals surface area contributed by atoms with Crippen molar-refractivity contribution in [3.63, 3.8) is 0 Å². The molecule has 0 aromatic heterocycles.